The number of hydrogen-bond acceptors (Lipinski definition) is 4. The first-order valence-corrected chi connectivity index (χ1v) is 6.37. The fourth-order valence-electron chi connectivity index (χ4n) is 1.65. The van der Waals surface area contributed by atoms with Crippen LogP contribution in [0.25, 0.3) is 10.4 Å². The first-order valence-electron chi connectivity index (χ1n) is 5.55. The van der Waals surface area contributed by atoms with Crippen LogP contribution in [0.2, 0.25) is 0 Å². The minimum Gasteiger partial charge on any atom is -0.494 e. The summed E-state index contributed by atoms with van der Waals surface area (Å²) in [5.74, 6) is -0.213. The van der Waals surface area contributed by atoms with E-state index < -0.39 is 5.97 Å². The van der Waals surface area contributed by atoms with Crippen LogP contribution in [0.5, 0.6) is 5.75 Å². The number of aromatic nitrogens is 1. The smallest absolute Gasteiger partial charge is 0.365 e. The molecule has 0 radical (unpaired) electrons. The molecule has 0 aliphatic carbocycles. The third-order valence-corrected chi connectivity index (χ3v) is 3.58. The number of thiazole rings is 1. The van der Waals surface area contributed by atoms with E-state index in [0.717, 1.165) is 21.9 Å². The topological polar surface area (TPSA) is 59.4 Å². The maximum Gasteiger partial charge on any atom is 0.365 e. The summed E-state index contributed by atoms with van der Waals surface area (Å²) in [6.07, 6.45) is 0. The Morgan fingerprint density at radius 3 is 2.89 bits per heavy atom. The molecule has 0 saturated heterocycles. The average molecular weight is 263 g/mol. The van der Waals surface area contributed by atoms with Crippen LogP contribution >= 0.6 is 11.3 Å². The Hall–Kier alpha value is -1.88. The number of rotatable bonds is 4. The van der Waals surface area contributed by atoms with Gasteiger partial charge in [-0.1, -0.05) is 12.1 Å². The van der Waals surface area contributed by atoms with Gasteiger partial charge in [-0.25, -0.2) is 9.78 Å². The van der Waals surface area contributed by atoms with Crippen molar-refractivity contribution in [3.63, 3.8) is 0 Å². The first kappa shape index (κ1) is 12.6. The van der Waals surface area contributed by atoms with Crippen molar-refractivity contribution in [2.45, 2.75) is 13.8 Å². The van der Waals surface area contributed by atoms with E-state index in [0.29, 0.717) is 6.61 Å². The molecule has 94 valence electrons. The van der Waals surface area contributed by atoms with E-state index in [9.17, 15) is 4.79 Å². The third kappa shape index (κ3) is 2.51. The molecule has 5 heteroatoms. The predicted molar refractivity (Wildman–Crippen MR) is 70.4 cm³/mol. The molecular formula is C13H13NO3S. The zero-order valence-corrected chi connectivity index (χ0v) is 11.0. The highest BCUT2D eigenvalue weighted by atomic mass is 32.1. The molecule has 18 heavy (non-hydrogen) atoms. The van der Waals surface area contributed by atoms with Crippen LogP contribution in [-0.4, -0.2) is 22.7 Å². The fraction of sp³-hybridized carbons (Fsp3) is 0.231. The number of carboxylic acids is 1. The van der Waals surface area contributed by atoms with E-state index in [2.05, 4.69) is 4.98 Å². The molecule has 0 atom stereocenters. The molecule has 4 nitrogen and oxygen atoms in total. The average Bonchev–Trinajstić information content (AvgIpc) is 2.72. The Kier molecular flexibility index (Phi) is 3.62. The van der Waals surface area contributed by atoms with E-state index in [1.165, 1.54) is 11.3 Å². The Balaban J connectivity index is 2.41. The van der Waals surface area contributed by atoms with Crippen LogP contribution in [0, 0.1) is 6.92 Å². The lowest BCUT2D eigenvalue weighted by atomic mass is 10.1. The molecular weight excluding hydrogens is 250 g/mol. The highest BCUT2D eigenvalue weighted by molar-refractivity contribution is 7.17. The molecule has 1 aromatic carbocycles. The van der Waals surface area contributed by atoms with Crippen molar-refractivity contribution < 1.29 is 14.6 Å². The van der Waals surface area contributed by atoms with Gasteiger partial charge in [-0.2, -0.15) is 0 Å². The van der Waals surface area contributed by atoms with Crippen LogP contribution in [0.3, 0.4) is 0 Å². The summed E-state index contributed by atoms with van der Waals surface area (Å²) in [7, 11) is 0. The fourth-order valence-corrected chi connectivity index (χ4v) is 2.55. The molecule has 2 aromatic rings. The van der Waals surface area contributed by atoms with Crippen molar-refractivity contribution in [3.8, 4) is 16.2 Å². The van der Waals surface area contributed by atoms with Crippen molar-refractivity contribution in [1.29, 1.82) is 0 Å². The molecule has 2 rings (SSSR count). The van der Waals surface area contributed by atoms with Gasteiger partial charge in [0.2, 0.25) is 5.01 Å². The maximum absolute atomic E-state index is 10.9. The zero-order valence-electron chi connectivity index (χ0n) is 10.1. The second-order valence-corrected chi connectivity index (χ2v) is 4.70. The number of benzene rings is 1. The molecule has 0 aliphatic rings. The summed E-state index contributed by atoms with van der Waals surface area (Å²) in [4.78, 5) is 15.8. The van der Waals surface area contributed by atoms with Crippen molar-refractivity contribution in [3.05, 3.63) is 35.0 Å². The number of nitrogens with zero attached hydrogens (tertiary/aromatic N) is 1. The second-order valence-electron chi connectivity index (χ2n) is 3.70. The van der Waals surface area contributed by atoms with Crippen molar-refractivity contribution in [1.82, 2.24) is 4.98 Å². The van der Waals surface area contributed by atoms with Gasteiger partial charge < -0.3 is 9.84 Å². The largest absolute Gasteiger partial charge is 0.494 e. The zero-order chi connectivity index (χ0) is 13.1. The SMILES string of the molecule is CCOc1cccc(-c2sc(C(=O)O)nc2C)c1. The van der Waals surface area contributed by atoms with Gasteiger partial charge in [0.05, 0.1) is 17.2 Å². The minimum atomic E-state index is -0.990. The summed E-state index contributed by atoms with van der Waals surface area (Å²) in [5, 5.41) is 9.05. The van der Waals surface area contributed by atoms with Crippen molar-refractivity contribution in [2.75, 3.05) is 6.61 Å². The van der Waals surface area contributed by atoms with Crippen molar-refractivity contribution in [2.24, 2.45) is 0 Å². The number of ether oxygens (including phenoxy) is 1. The highest BCUT2D eigenvalue weighted by Crippen LogP contribution is 2.32. The monoisotopic (exact) mass is 263 g/mol. The van der Waals surface area contributed by atoms with Gasteiger partial charge >= 0.3 is 5.97 Å². The lowest BCUT2D eigenvalue weighted by Crippen LogP contribution is -1.93. The third-order valence-electron chi connectivity index (χ3n) is 2.39. The van der Waals surface area contributed by atoms with E-state index in [4.69, 9.17) is 9.84 Å². The van der Waals surface area contributed by atoms with Crippen LogP contribution in [0.4, 0.5) is 0 Å². The van der Waals surface area contributed by atoms with Crippen LogP contribution < -0.4 is 4.74 Å². The molecule has 0 unspecified atom stereocenters. The van der Waals surface area contributed by atoms with E-state index >= 15 is 0 Å². The Labute approximate surface area is 109 Å². The van der Waals surface area contributed by atoms with Gasteiger partial charge in [-0.3, -0.25) is 0 Å². The van der Waals surface area contributed by atoms with Crippen molar-refractivity contribution >= 4 is 17.3 Å². The Morgan fingerprint density at radius 1 is 1.50 bits per heavy atom. The van der Waals surface area contributed by atoms with Gasteiger partial charge in [0, 0.05) is 0 Å². The quantitative estimate of drug-likeness (QED) is 0.920. The number of carboxylic acid groups (broad SMARTS) is 1. The molecule has 0 bridgehead atoms. The number of hydrogen-bond donors (Lipinski definition) is 1. The molecule has 0 aliphatic heterocycles. The Bertz CT molecular complexity index is 577. The predicted octanol–water partition coefficient (Wildman–Crippen LogP) is 3.22. The summed E-state index contributed by atoms with van der Waals surface area (Å²) >= 11 is 1.18. The lowest BCUT2D eigenvalue weighted by molar-refractivity contribution is 0.0696. The molecule has 0 amide bonds. The maximum atomic E-state index is 10.9. The summed E-state index contributed by atoms with van der Waals surface area (Å²) < 4.78 is 5.43. The van der Waals surface area contributed by atoms with Gasteiger partial charge in [-0.05, 0) is 31.5 Å². The summed E-state index contributed by atoms with van der Waals surface area (Å²) in [5.41, 5.74) is 1.66. The first-order chi connectivity index (χ1) is 8.61. The normalized spacial score (nSPS) is 10.3. The minimum absolute atomic E-state index is 0.115. The van der Waals surface area contributed by atoms with E-state index in [-0.39, 0.29) is 5.01 Å². The van der Waals surface area contributed by atoms with Crippen LogP contribution in [-0.2, 0) is 0 Å². The van der Waals surface area contributed by atoms with E-state index in [1.807, 2.05) is 38.1 Å². The second kappa shape index (κ2) is 5.18. The number of aryl methyl sites for hydroxylation is 1. The molecule has 0 saturated carbocycles. The van der Waals surface area contributed by atoms with Crippen LogP contribution in [0.15, 0.2) is 24.3 Å². The highest BCUT2D eigenvalue weighted by Gasteiger charge is 2.14. The summed E-state index contributed by atoms with van der Waals surface area (Å²) in [6, 6.07) is 7.59. The van der Waals surface area contributed by atoms with Gasteiger partial charge in [0.1, 0.15) is 5.75 Å². The molecule has 1 heterocycles. The Morgan fingerprint density at radius 2 is 2.28 bits per heavy atom. The van der Waals surface area contributed by atoms with E-state index in [1.54, 1.807) is 0 Å². The van der Waals surface area contributed by atoms with Gasteiger partial charge in [0.15, 0.2) is 0 Å². The van der Waals surface area contributed by atoms with Gasteiger partial charge in [-0.15, -0.1) is 11.3 Å². The molecule has 0 spiro atoms. The van der Waals surface area contributed by atoms with Gasteiger partial charge in [0.25, 0.3) is 0 Å². The standard InChI is InChI=1S/C13H13NO3S/c1-3-17-10-6-4-5-9(7-10)11-8(2)14-12(18-11)13(15)16/h4-7H,3H2,1-2H3,(H,15,16). The lowest BCUT2D eigenvalue weighted by Gasteiger charge is -2.04. The molecule has 1 N–H and O–H groups in total. The number of aromatic carboxylic acids is 1. The van der Waals surface area contributed by atoms with Crippen LogP contribution in [0.1, 0.15) is 22.4 Å². The molecule has 0 fully saturated rings. The summed E-state index contributed by atoms with van der Waals surface area (Å²) in [6.45, 7) is 4.34. The molecule has 1 aromatic heterocycles. The number of carbonyl (C=O) groups is 1.